The summed E-state index contributed by atoms with van der Waals surface area (Å²) in [6.07, 6.45) is 5.36. The first kappa shape index (κ1) is 17.8. The molecule has 10 heteroatoms. The number of nitrogens with one attached hydrogen (secondary N) is 2. The van der Waals surface area contributed by atoms with Gasteiger partial charge in [-0.05, 0) is 6.07 Å². The van der Waals surface area contributed by atoms with E-state index in [9.17, 15) is 14.4 Å². The second-order valence-corrected chi connectivity index (χ2v) is 5.89. The summed E-state index contributed by atoms with van der Waals surface area (Å²) in [5.41, 5.74) is -0.857. The van der Waals surface area contributed by atoms with Gasteiger partial charge < -0.3 is 20.1 Å². The molecule has 0 aliphatic carbocycles. The number of rotatable bonds is 5. The highest BCUT2D eigenvalue weighted by Crippen LogP contribution is 2.30. The maximum absolute atomic E-state index is 12.0. The van der Waals surface area contributed by atoms with Gasteiger partial charge >= 0.3 is 11.8 Å². The van der Waals surface area contributed by atoms with E-state index in [1.54, 1.807) is 0 Å². The summed E-state index contributed by atoms with van der Waals surface area (Å²) in [6.45, 7) is 1.45. The molecule has 2 heterocycles. The second-order valence-electron chi connectivity index (χ2n) is 4.70. The molecule has 1 aromatic heterocycles. The van der Waals surface area contributed by atoms with Crippen LogP contribution in [0.25, 0.3) is 0 Å². The largest absolute Gasteiger partial charge is 0.436 e. The van der Waals surface area contributed by atoms with Crippen molar-refractivity contribution in [3.05, 3.63) is 22.7 Å². The lowest BCUT2D eigenvalue weighted by molar-refractivity contribution is -0.114. The molecule has 24 heavy (non-hydrogen) atoms. The summed E-state index contributed by atoms with van der Waals surface area (Å²) in [5.74, 6) is 2.58. The third-order valence-electron chi connectivity index (χ3n) is 2.88. The molecule has 2 N–H and O–H groups in total. The fourth-order valence-corrected chi connectivity index (χ4v) is 2.93. The standard InChI is InChI=1S/C14H16N4O5S/c1-3-6-22-14(21)15-7-12-23-11(8-24-12)18-5-4-10(16-9(2)19)17-13(18)20/h1,4-5,11-12H,6-8H2,2H3,(H,15,21)(H,16,17,19,20)/t11-,12+/m0/s1. The van der Waals surface area contributed by atoms with E-state index in [2.05, 4.69) is 26.3 Å². The van der Waals surface area contributed by atoms with Crippen LogP contribution in [-0.2, 0) is 14.3 Å². The molecule has 2 amide bonds. The predicted molar refractivity (Wildman–Crippen MR) is 87.4 cm³/mol. The predicted octanol–water partition coefficient (Wildman–Crippen LogP) is 0.149. The molecule has 0 unspecified atom stereocenters. The van der Waals surface area contributed by atoms with Crippen molar-refractivity contribution in [3.63, 3.8) is 0 Å². The maximum atomic E-state index is 12.0. The fraction of sp³-hybridized carbons (Fsp3) is 0.429. The van der Waals surface area contributed by atoms with Gasteiger partial charge in [-0.2, -0.15) is 4.98 Å². The van der Waals surface area contributed by atoms with Crippen molar-refractivity contribution in [3.8, 4) is 12.3 Å². The van der Waals surface area contributed by atoms with Crippen molar-refractivity contribution in [2.24, 2.45) is 0 Å². The molecular formula is C14H16N4O5S. The van der Waals surface area contributed by atoms with E-state index in [0.29, 0.717) is 5.75 Å². The number of amides is 2. The number of alkyl carbamates (subject to hydrolysis) is 1. The number of thioether (sulfide) groups is 1. The molecule has 1 fully saturated rings. The molecule has 1 aliphatic rings. The van der Waals surface area contributed by atoms with Gasteiger partial charge in [-0.3, -0.25) is 9.36 Å². The summed E-state index contributed by atoms with van der Waals surface area (Å²) in [5, 5.41) is 4.96. The van der Waals surface area contributed by atoms with Gasteiger partial charge in [-0.1, -0.05) is 5.92 Å². The minimum atomic E-state index is -0.626. The number of hydrogen-bond acceptors (Lipinski definition) is 7. The molecule has 128 valence electrons. The van der Waals surface area contributed by atoms with Gasteiger partial charge in [0.1, 0.15) is 17.5 Å². The third-order valence-corrected chi connectivity index (χ3v) is 4.00. The highest BCUT2D eigenvalue weighted by Gasteiger charge is 2.28. The Morgan fingerprint density at radius 2 is 2.42 bits per heavy atom. The van der Waals surface area contributed by atoms with Crippen LogP contribution < -0.4 is 16.3 Å². The smallest absolute Gasteiger partial charge is 0.408 e. The number of ether oxygens (including phenoxy) is 2. The zero-order valence-corrected chi connectivity index (χ0v) is 13.7. The van der Waals surface area contributed by atoms with Crippen molar-refractivity contribution < 1.29 is 19.1 Å². The van der Waals surface area contributed by atoms with Crippen LogP contribution in [-0.4, -0.2) is 45.9 Å². The highest BCUT2D eigenvalue weighted by atomic mass is 32.2. The molecule has 0 spiro atoms. The Labute approximate surface area is 142 Å². The molecule has 0 saturated carbocycles. The maximum Gasteiger partial charge on any atom is 0.408 e. The molecule has 0 radical (unpaired) electrons. The number of aromatic nitrogens is 2. The number of hydrogen-bond donors (Lipinski definition) is 2. The van der Waals surface area contributed by atoms with Gasteiger partial charge in [0.2, 0.25) is 5.91 Å². The van der Waals surface area contributed by atoms with Crippen LogP contribution in [0.1, 0.15) is 13.2 Å². The Morgan fingerprint density at radius 3 is 3.08 bits per heavy atom. The van der Waals surface area contributed by atoms with Crippen molar-refractivity contribution in [1.82, 2.24) is 14.9 Å². The molecule has 1 aromatic rings. The minimum absolute atomic E-state index is 0.102. The van der Waals surface area contributed by atoms with Crippen molar-refractivity contribution in [2.75, 3.05) is 24.2 Å². The average molecular weight is 352 g/mol. The number of anilines is 1. The Hall–Kier alpha value is -2.51. The molecule has 1 aliphatic heterocycles. The Balaban J connectivity index is 1.89. The molecule has 2 rings (SSSR count). The summed E-state index contributed by atoms with van der Waals surface area (Å²) in [7, 11) is 0. The van der Waals surface area contributed by atoms with Crippen LogP contribution in [0.3, 0.4) is 0 Å². The fourth-order valence-electron chi connectivity index (χ4n) is 1.90. The summed E-state index contributed by atoms with van der Waals surface area (Å²) in [4.78, 5) is 38.0. The normalized spacial score (nSPS) is 19.3. The van der Waals surface area contributed by atoms with Gasteiger partial charge in [-0.15, -0.1) is 18.2 Å². The van der Waals surface area contributed by atoms with E-state index >= 15 is 0 Å². The van der Waals surface area contributed by atoms with Crippen LogP contribution in [0.2, 0.25) is 0 Å². The lowest BCUT2D eigenvalue weighted by atomic mass is 10.5. The second kappa shape index (κ2) is 8.37. The lowest BCUT2D eigenvalue weighted by Crippen LogP contribution is -2.33. The quantitative estimate of drug-likeness (QED) is 0.726. The van der Waals surface area contributed by atoms with Crippen molar-refractivity contribution in [1.29, 1.82) is 0 Å². The summed E-state index contributed by atoms with van der Waals surface area (Å²) in [6, 6.07) is 1.51. The van der Waals surface area contributed by atoms with E-state index in [-0.39, 0.29) is 30.3 Å². The molecule has 2 atom stereocenters. The lowest BCUT2D eigenvalue weighted by Gasteiger charge is -2.15. The molecule has 0 aromatic carbocycles. The monoisotopic (exact) mass is 352 g/mol. The molecule has 1 saturated heterocycles. The average Bonchev–Trinajstić information content (AvgIpc) is 2.99. The first-order valence-corrected chi connectivity index (χ1v) is 8.02. The number of carbonyl (C=O) groups is 2. The zero-order valence-electron chi connectivity index (χ0n) is 12.9. The Kier molecular flexibility index (Phi) is 6.22. The topological polar surface area (TPSA) is 112 Å². The van der Waals surface area contributed by atoms with E-state index in [1.807, 2.05) is 0 Å². The van der Waals surface area contributed by atoms with E-state index in [1.165, 1.54) is 35.5 Å². The van der Waals surface area contributed by atoms with Gasteiger partial charge in [-0.25, -0.2) is 9.59 Å². The zero-order chi connectivity index (χ0) is 17.5. The SMILES string of the molecule is C#CCOC(=O)NC[C@@H]1O[C@H](n2ccc(NC(C)=O)nc2=O)CS1. The van der Waals surface area contributed by atoms with Gasteiger partial charge in [0.15, 0.2) is 6.61 Å². The van der Waals surface area contributed by atoms with Crippen molar-refractivity contribution >= 4 is 29.6 Å². The molecular weight excluding hydrogens is 336 g/mol. The van der Waals surface area contributed by atoms with E-state index in [0.717, 1.165) is 0 Å². The molecule has 9 nitrogen and oxygen atoms in total. The highest BCUT2D eigenvalue weighted by molar-refractivity contribution is 8.00. The number of carbonyl (C=O) groups excluding carboxylic acids is 2. The van der Waals surface area contributed by atoms with Crippen LogP contribution in [0.5, 0.6) is 0 Å². The Morgan fingerprint density at radius 1 is 1.62 bits per heavy atom. The van der Waals surface area contributed by atoms with Gasteiger partial charge in [0.25, 0.3) is 0 Å². The number of nitrogens with zero attached hydrogens (tertiary/aromatic N) is 2. The van der Waals surface area contributed by atoms with Gasteiger partial charge in [0.05, 0.1) is 6.54 Å². The van der Waals surface area contributed by atoms with Crippen LogP contribution in [0, 0.1) is 12.3 Å². The van der Waals surface area contributed by atoms with Crippen LogP contribution >= 0.6 is 11.8 Å². The third kappa shape index (κ3) is 5.00. The first-order chi connectivity index (χ1) is 11.5. The van der Waals surface area contributed by atoms with E-state index < -0.39 is 18.0 Å². The van der Waals surface area contributed by atoms with Crippen LogP contribution in [0.15, 0.2) is 17.1 Å². The van der Waals surface area contributed by atoms with E-state index in [4.69, 9.17) is 11.2 Å². The first-order valence-electron chi connectivity index (χ1n) is 6.97. The van der Waals surface area contributed by atoms with Crippen LogP contribution in [0.4, 0.5) is 10.6 Å². The van der Waals surface area contributed by atoms with Gasteiger partial charge in [0, 0.05) is 18.9 Å². The summed E-state index contributed by atoms with van der Waals surface area (Å²) >= 11 is 1.44. The Bertz CT molecular complexity index is 714. The minimum Gasteiger partial charge on any atom is -0.436 e. The number of terminal acetylenes is 1. The van der Waals surface area contributed by atoms with Crippen molar-refractivity contribution in [2.45, 2.75) is 18.6 Å². The molecule has 0 bridgehead atoms. The summed E-state index contributed by atoms with van der Waals surface area (Å²) < 4.78 is 11.7.